The van der Waals surface area contributed by atoms with Crippen molar-refractivity contribution in [2.24, 2.45) is 5.92 Å². The molecule has 0 unspecified atom stereocenters. The molecule has 0 aromatic heterocycles. The second-order valence-corrected chi connectivity index (χ2v) is 7.16. The number of hydrogen-bond donors (Lipinski definition) is 1. The molecule has 1 rings (SSSR count). The lowest BCUT2D eigenvalue weighted by Crippen LogP contribution is -2.35. The first-order valence-corrected chi connectivity index (χ1v) is 8.56. The Bertz CT molecular complexity index is 574. The predicted molar refractivity (Wildman–Crippen MR) is 84.4 cm³/mol. The Hall–Kier alpha value is -1.58. The maximum absolute atomic E-state index is 12.6. The maximum Gasteiger partial charge on any atom is 0.243 e. The molecule has 116 valence electrons. The summed E-state index contributed by atoms with van der Waals surface area (Å²) in [7, 11) is -3.55. The third-order valence-corrected chi connectivity index (χ3v) is 4.79. The second-order valence-electron chi connectivity index (χ2n) is 5.22. The Morgan fingerprint density at radius 1 is 1.29 bits per heavy atom. The number of hydrogen-bond acceptors (Lipinski definition) is 4. The van der Waals surface area contributed by atoms with E-state index in [0.29, 0.717) is 6.54 Å². The van der Waals surface area contributed by atoms with Crippen LogP contribution in [-0.2, 0) is 10.0 Å². The largest absolute Gasteiger partial charge is 0.385 e. The van der Waals surface area contributed by atoms with Gasteiger partial charge in [-0.3, -0.25) is 0 Å². The molecule has 0 bridgehead atoms. The summed E-state index contributed by atoms with van der Waals surface area (Å²) >= 11 is 0. The molecule has 1 N–H and O–H groups in total. The van der Waals surface area contributed by atoms with Gasteiger partial charge in [0, 0.05) is 31.7 Å². The number of nitrogens with zero attached hydrogens (tertiary/aromatic N) is 2. The van der Waals surface area contributed by atoms with Crippen LogP contribution in [0.1, 0.15) is 27.2 Å². The molecule has 0 saturated heterocycles. The minimum Gasteiger partial charge on any atom is -0.385 e. The fourth-order valence-electron chi connectivity index (χ4n) is 1.99. The highest BCUT2D eigenvalue weighted by Crippen LogP contribution is 2.19. The van der Waals surface area contributed by atoms with Crippen LogP contribution < -0.4 is 5.32 Å². The maximum atomic E-state index is 12.6. The Balaban J connectivity index is 3.01. The summed E-state index contributed by atoms with van der Waals surface area (Å²) in [5, 5.41) is 11.8. The molecule has 1 aromatic carbocycles. The van der Waals surface area contributed by atoms with Gasteiger partial charge in [0.25, 0.3) is 0 Å². The molecule has 0 atom stereocenters. The van der Waals surface area contributed by atoms with Gasteiger partial charge in [0.15, 0.2) is 0 Å². The first kappa shape index (κ1) is 17.5. The molecule has 1 aromatic rings. The first-order chi connectivity index (χ1) is 9.91. The van der Waals surface area contributed by atoms with E-state index in [-0.39, 0.29) is 23.8 Å². The van der Waals surface area contributed by atoms with Gasteiger partial charge in [-0.25, -0.2) is 8.42 Å². The van der Waals surface area contributed by atoms with Crippen LogP contribution in [0.3, 0.4) is 0 Å². The minimum atomic E-state index is -3.55. The van der Waals surface area contributed by atoms with Gasteiger partial charge in [-0.1, -0.05) is 13.8 Å². The lowest BCUT2D eigenvalue weighted by atomic mass is 10.2. The molecule has 0 saturated carbocycles. The summed E-state index contributed by atoms with van der Waals surface area (Å²) in [6.07, 6.45) is 0.196. The van der Waals surface area contributed by atoms with Crippen LogP contribution in [-0.4, -0.2) is 32.4 Å². The zero-order valence-corrected chi connectivity index (χ0v) is 13.7. The van der Waals surface area contributed by atoms with Crippen molar-refractivity contribution >= 4 is 15.7 Å². The van der Waals surface area contributed by atoms with Crippen molar-refractivity contribution in [2.45, 2.75) is 32.1 Å². The zero-order valence-electron chi connectivity index (χ0n) is 12.8. The molecule has 0 aliphatic carbocycles. The summed E-state index contributed by atoms with van der Waals surface area (Å²) in [5.74, 6) is 0.208. The number of nitriles is 1. The monoisotopic (exact) mass is 309 g/mol. The summed E-state index contributed by atoms with van der Waals surface area (Å²) in [6, 6.07) is 8.73. The van der Waals surface area contributed by atoms with E-state index in [1.165, 1.54) is 4.31 Å². The van der Waals surface area contributed by atoms with Crippen molar-refractivity contribution in [1.82, 2.24) is 4.31 Å². The van der Waals surface area contributed by atoms with Crippen molar-refractivity contribution in [3.8, 4) is 6.07 Å². The lowest BCUT2D eigenvalue weighted by Gasteiger charge is -2.23. The lowest BCUT2D eigenvalue weighted by molar-refractivity contribution is 0.373. The first-order valence-electron chi connectivity index (χ1n) is 7.12. The van der Waals surface area contributed by atoms with E-state index in [1.807, 2.05) is 26.8 Å². The summed E-state index contributed by atoms with van der Waals surface area (Å²) < 4.78 is 26.7. The highest BCUT2D eigenvalue weighted by molar-refractivity contribution is 7.89. The van der Waals surface area contributed by atoms with E-state index in [9.17, 15) is 8.42 Å². The molecule has 21 heavy (non-hydrogen) atoms. The van der Waals surface area contributed by atoms with Gasteiger partial charge in [0.05, 0.1) is 11.0 Å². The normalized spacial score (nSPS) is 11.6. The molecule has 5 nitrogen and oxygen atoms in total. The van der Waals surface area contributed by atoms with Crippen LogP contribution in [0.15, 0.2) is 29.2 Å². The van der Waals surface area contributed by atoms with Gasteiger partial charge < -0.3 is 5.32 Å². The van der Waals surface area contributed by atoms with Crippen LogP contribution in [0.5, 0.6) is 0 Å². The summed E-state index contributed by atoms with van der Waals surface area (Å²) in [5.41, 5.74) is 0.892. The van der Waals surface area contributed by atoms with Crippen LogP contribution in [0, 0.1) is 17.2 Å². The topological polar surface area (TPSA) is 73.2 Å². The molecule has 0 heterocycles. The van der Waals surface area contributed by atoms with Gasteiger partial charge in [-0.05, 0) is 37.1 Å². The van der Waals surface area contributed by atoms with Crippen LogP contribution in [0.2, 0.25) is 0 Å². The number of anilines is 1. The number of rotatable bonds is 8. The van der Waals surface area contributed by atoms with E-state index in [0.717, 1.165) is 12.2 Å². The SMILES string of the molecule is CCNc1ccc(S(=O)(=O)N(CCC#N)CC(C)C)cc1. The van der Waals surface area contributed by atoms with Crippen LogP contribution in [0.25, 0.3) is 0 Å². The minimum absolute atomic E-state index is 0.196. The van der Waals surface area contributed by atoms with Gasteiger partial charge >= 0.3 is 0 Å². The van der Waals surface area contributed by atoms with Crippen LogP contribution >= 0.6 is 0 Å². The number of benzene rings is 1. The van der Waals surface area contributed by atoms with Gasteiger partial charge in [0.2, 0.25) is 10.0 Å². The average Bonchev–Trinajstić information content (AvgIpc) is 2.44. The quantitative estimate of drug-likeness (QED) is 0.801. The van der Waals surface area contributed by atoms with Crippen molar-refractivity contribution < 1.29 is 8.42 Å². The van der Waals surface area contributed by atoms with Crippen molar-refractivity contribution in [3.05, 3.63) is 24.3 Å². The molecule has 0 aliphatic rings. The molecular weight excluding hydrogens is 286 g/mol. The van der Waals surface area contributed by atoms with E-state index >= 15 is 0 Å². The molecule has 6 heteroatoms. The third kappa shape index (κ3) is 5.03. The van der Waals surface area contributed by atoms with Gasteiger partial charge in [0.1, 0.15) is 0 Å². The summed E-state index contributed by atoms with van der Waals surface area (Å²) in [6.45, 7) is 7.34. The number of nitrogens with one attached hydrogen (secondary N) is 1. The standard InChI is InChI=1S/C15H23N3O2S/c1-4-17-14-6-8-15(9-7-14)21(19,20)18(11-5-10-16)12-13(2)3/h6-9,13,17H,4-5,11-12H2,1-3H3. The average molecular weight is 309 g/mol. The van der Waals surface area contributed by atoms with E-state index in [2.05, 4.69) is 5.32 Å². The van der Waals surface area contributed by atoms with E-state index < -0.39 is 10.0 Å². The number of sulfonamides is 1. The molecule has 0 amide bonds. The summed E-state index contributed by atoms with van der Waals surface area (Å²) in [4.78, 5) is 0.266. The molecule has 0 spiro atoms. The molecule has 0 radical (unpaired) electrons. The van der Waals surface area contributed by atoms with Gasteiger partial charge in [-0.15, -0.1) is 0 Å². The Morgan fingerprint density at radius 2 is 1.90 bits per heavy atom. The molecule has 0 aliphatic heterocycles. The Morgan fingerprint density at radius 3 is 2.38 bits per heavy atom. The Labute approximate surface area is 127 Å². The van der Waals surface area contributed by atoms with Crippen molar-refractivity contribution in [2.75, 3.05) is 25.0 Å². The van der Waals surface area contributed by atoms with Crippen molar-refractivity contribution in [3.63, 3.8) is 0 Å². The molecular formula is C15H23N3O2S. The molecule has 0 fully saturated rings. The smallest absolute Gasteiger partial charge is 0.243 e. The van der Waals surface area contributed by atoms with E-state index in [4.69, 9.17) is 5.26 Å². The Kier molecular flexibility index (Phi) is 6.66. The van der Waals surface area contributed by atoms with Crippen LogP contribution in [0.4, 0.5) is 5.69 Å². The second kappa shape index (κ2) is 8.01. The third-order valence-electron chi connectivity index (χ3n) is 2.91. The van der Waals surface area contributed by atoms with Gasteiger partial charge in [-0.2, -0.15) is 9.57 Å². The van der Waals surface area contributed by atoms with E-state index in [1.54, 1.807) is 24.3 Å². The van der Waals surface area contributed by atoms with Crippen molar-refractivity contribution in [1.29, 1.82) is 5.26 Å². The highest BCUT2D eigenvalue weighted by Gasteiger charge is 2.24. The zero-order chi connectivity index (χ0) is 15.9. The predicted octanol–water partition coefficient (Wildman–Crippen LogP) is 2.68. The fourth-order valence-corrected chi connectivity index (χ4v) is 3.59. The highest BCUT2D eigenvalue weighted by atomic mass is 32.2. The fraction of sp³-hybridized carbons (Fsp3) is 0.533.